The first kappa shape index (κ1) is 11.4. The van der Waals surface area contributed by atoms with E-state index in [1.807, 2.05) is 0 Å². The monoisotopic (exact) mass is 212 g/mol. The van der Waals surface area contributed by atoms with Gasteiger partial charge in [-0.3, -0.25) is 19.3 Å². The molecule has 0 bridgehead atoms. The van der Waals surface area contributed by atoms with Crippen molar-refractivity contribution in [2.45, 2.75) is 0 Å². The first-order valence-corrected chi connectivity index (χ1v) is 4.47. The Morgan fingerprint density at radius 3 is 2.53 bits per heavy atom. The van der Waals surface area contributed by atoms with E-state index < -0.39 is 0 Å². The Labute approximate surface area is 86.9 Å². The van der Waals surface area contributed by atoms with Crippen molar-refractivity contribution in [3.8, 4) is 0 Å². The lowest BCUT2D eigenvalue weighted by Gasteiger charge is -2.13. The molecule has 1 N–H and O–H groups in total. The van der Waals surface area contributed by atoms with Crippen LogP contribution in [0.1, 0.15) is 0 Å². The first-order valence-electron chi connectivity index (χ1n) is 4.47. The van der Waals surface area contributed by atoms with Gasteiger partial charge in [-0.2, -0.15) is 0 Å². The molecule has 0 aliphatic carbocycles. The van der Waals surface area contributed by atoms with Crippen LogP contribution in [0, 0.1) is 0 Å². The van der Waals surface area contributed by atoms with E-state index in [9.17, 15) is 14.4 Å². The zero-order valence-electron chi connectivity index (χ0n) is 8.36. The smallest absolute Gasteiger partial charge is 0.253 e. The largest absolute Gasteiger partial charge is 0.370 e. The predicted octanol–water partition coefficient (Wildman–Crippen LogP) is -1.33. The highest BCUT2D eigenvalue weighted by Crippen LogP contribution is 2.02. The van der Waals surface area contributed by atoms with Crippen molar-refractivity contribution >= 4 is 17.7 Å². The van der Waals surface area contributed by atoms with Crippen LogP contribution in [0.15, 0.2) is 12.2 Å². The fraction of sp³-hybridized carbons (Fsp3) is 0.444. The maximum absolute atomic E-state index is 11.1. The van der Waals surface area contributed by atoms with E-state index in [2.05, 4.69) is 5.32 Å². The molecule has 0 spiro atoms. The van der Waals surface area contributed by atoms with Gasteiger partial charge in [0.25, 0.3) is 11.8 Å². The Bertz CT molecular complexity index is 293. The molecule has 15 heavy (non-hydrogen) atoms. The summed E-state index contributed by atoms with van der Waals surface area (Å²) < 4.78 is 4.96. The van der Waals surface area contributed by atoms with Gasteiger partial charge in [0.15, 0.2) is 0 Å². The van der Waals surface area contributed by atoms with Crippen LogP contribution in [-0.2, 0) is 19.1 Å². The van der Waals surface area contributed by atoms with Gasteiger partial charge in [0.2, 0.25) is 5.91 Å². The zero-order valence-corrected chi connectivity index (χ0v) is 8.36. The van der Waals surface area contributed by atoms with Gasteiger partial charge in [-0.1, -0.05) is 0 Å². The summed E-state index contributed by atoms with van der Waals surface area (Å²) in [6.45, 7) is 0.258. The molecule has 82 valence electrons. The fourth-order valence-corrected chi connectivity index (χ4v) is 1.04. The second-order valence-electron chi connectivity index (χ2n) is 2.89. The second-order valence-corrected chi connectivity index (χ2v) is 2.89. The Balaban J connectivity index is 2.18. The topological polar surface area (TPSA) is 75.7 Å². The molecule has 0 aromatic heterocycles. The van der Waals surface area contributed by atoms with E-state index in [0.29, 0.717) is 0 Å². The van der Waals surface area contributed by atoms with Gasteiger partial charge < -0.3 is 10.1 Å². The molecule has 1 aliphatic rings. The van der Waals surface area contributed by atoms with E-state index in [4.69, 9.17) is 4.74 Å². The number of ether oxygens (including phenoxy) is 1. The third-order valence-corrected chi connectivity index (χ3v) is 1.87. The first-order chi connectivity index (χ1) is 7.15. The SMILES string of the molecule is CNC(=O)COCCN1C(=O)C=CC1=O. The number of carbonyl (C=O) groups is 3. The lowest BCUT2D eigenvalue weighted by molar-refractivity contribution is -0.137. The number of nitrogens with zero attached hydrogens (tertiary/aromatic N) is 1. The third-order valence-electron chi connectivity index (χ3n) is 1.87. The minimum absolute atomic E-state index is 0.0693. The van der Waals surface area contributed by atoms with E-state index >= 15 is 0 Å². The van der Waals surface area contributed by atoms with Crippen LogP contribution in [0.25, 0.3) is 0 Å². The molecule has 1 heterocycles. The summed E-state index contributed by atoms with van der Waals surface area (Å²) in [7, 11) is 1.50. The number of imide groups is 1. The van der Waals surface area contributed by atoms with Crippen molar-refractivity contribution in [2.24, 2.45) is 0 Å². The van der Waals surface area contributed by atoms with Crippen LogP contribution < -0.4 is 5.32 Å². The Morgan fingerprint density at radius 1 is 1.40 bits per heavy atom. The standard InChI is InChI=1S/C9H12N2O4/c1-10-7(12)6-15-5-4-11-8(13)2-3-9(11)14/h2-3H,4-6H2,1H3,(H,10,12). The molecule has 0 unspecified atom stereocenters. The van der Waals surface area contributed by atoms with Gasteiger partial charge in [0.05, 0.1) is 13.2 Å². The van der Waals surface area contributed by atoms with Gasteiger partial charge in [0, 0.05) is 19.2 Å². The van der Waals surface area contributed by atoms with Gasteiger partial charge in [-0.05, 0) is 0 Å². The van der Waals surface area contributed by atoms with Crippen LogP contribution in [0.4, 0.5) is 0 Å². The van der Waals surface area contributed by atoms with Gasteiger partial charge in [0.1, 0.15) is 6.61 Å². The maximum atomic E-state index is 11.1. The average Bonchev–Trinajstić information content (AvgIpc) is 2.54. The highest BCUT2D eigenvalue weighted by Gasteiger charge is 2.22. The number of rotatable bonds is 5. The van der Waals surface area contributed by atoms with Crippen LogP contribution in [0.3, 0.4) is 0 Å². The normalized spacial score (nSPS) is 14.9. The van der Waals surface area contributed by atoms with Gasteiger partial charge in [-0.15, -0.1) is 0 Å². The third kappa shape index (κ3) is 3.17. The number of hydrogen-bond acceptors (Lipinski definition) is 4. The molecular formula is C9H12N2O4. The molecule has 0 saturated carbocycles. The summed E-state index contributed by atoms with van der Waals surface area (Å²) in [4.78, 5) is 33.9. The van der Waals surface area contributed by atoms with E-state index in [0.717, 1.165) is 4.90 Å². The molecule has 1 aliphatic heterocycles. The number of likely N-dealkylation sites (N-methyl/N-ethyl adjacent to an activating group) is 1. The fourth-order valence-electron chi connectivity index (χ4n) is 1.04. The summed E-state index contributed by atoms with van der Waals surface area (Å²) in [5.74, 6) is -0.931. The summed E-state index contributed by atoms with van der Waals surface area (Å²) in [5, 5.41) is 2.39. The van der Waals surface area contributed by atoms with Crippen LogP contribution in [-0.4, -0.2) is 49.4 Å². The Kier molecular flexibility index (Phi) is 3.99. The lowest BCUT2D eigenvalue weighted by Crippen LogP contribution is -2.34. The molecule has 0 saturated heterocycles. The van der Waals surface area contributed by atoms with Gasteiger partial charge >= 0.3 is 0 Å². The van der Waals surface area contributed by atoms with Crippen LogP contribution in [0.5, 0.6) is 0 Å². The number of amides is 3. The molecule has 3 amide bonds. The van der Waals surface area contributed by atoms with E-state index in [1.54, 1.807) is 0 Å². The molecular weight excluding hydrogens is 200 g/mol. The lowest BCUT2D eigenvalue weighted by atomic mass is 10.5. The molecule has 0 atom stereocenters. The second kappa shape index (κ2) is 5.26. The maximum Gasteiger partial charge on any atom is 0.253 e. The highest BCUT2D eigenvalue weighted by molar-refractivity contribution is 6.12. The quantitative estimate of drug-likeness (QED) is 0.452. The van der Waals surface area contributed by atoms with Crippen molar-refractivity contribution in [3.05, 3.63) is 12.2 Å². The Hall–Kier alpha value is -1.69. The molecule has 6 heteroatoms. The minimum Gasteiger partial charge on any atom is -0.370 e. The molecule has 6 nitrogen and oxygen atoms in total. The van der Waals surface area contributed by atoms with E-state index in [-0.39, 0.29) is 37.5 Å². The molecule has 1 rings (SSSR count). The minimum atomic E-state index is -0.344. The van der Waals surface area contributed by atoms with Crippen molar-refractivity contribution in [1.82, 2.24) is 10.2 Å². The average molecular weight is 212 g/mol. The summed E-state index contributed by atoms with van der Waals surface area (Å²) >= 11 is 0. The summed E-state index contributed by atoms with van der Waals surface area (Å²) in [5.41, 5.74) is 0. The number of carbonyl (C=O) groups excluding carboxylic acids is 3. The summed E-state index contributed by atoms with van der Waals surface area (Å²) in [6, 6.07) is 0. The Morgan fingerprint density at radius 2 is 2.00 bits per heavy atom. The van der Waals surface area contributed by atoms with Gasteiger partial charge in [-0.25, -0.2) is 0 Å². The van der Waals surface area contributed by atoms with E-state index in [1.165, 1.54) is 19.2 Å². The highest BCUT2D eigenvalue weighted by atomic mass is 16.5. The molecule has 0 aromatic rings. The predicted molar refractivity (Wildman–Crippen MR) is 50.7 cm³/mol. The van der Waals surface area contributed by atoms with Crippen molar-refractivity contribution < 1.29 is 19.1 Å². The van der Waals surface area contributed by atoms with Crippen LogP contribution in [0.2, 0.25) is 0 Å². The van der Waals surface area contributed by atoms with Crippen molar-refractivity contribution in [1.29, 1.82) is 0 Å². The van der Waals surface area contributed by atoms with Crippen LogP contribution >= 0.6 is 0 Å². The zero-order chi connectivity index (χ0) is 11.3. The van der Waals surface area contributed by atoms with Crippen molar-refractivity contribution in [2.75, 3.05) is 26.8 Å². The molecule has 0 fully saturated rings. The van der Waals surface area contributed by atoms with Crippen molar-refractivity contribution in [3.63, 3.8) is 0 Å². The molecule has 0 aromatic carbocycles. The summed E-state index contributed by atoms with van der Waals surface area (Å²) in [6.07, 6.45) is 2.42. The number of hydrogen-bond donors (Lipinski definition) is 1. The molecule has 0 radical (unpaired) electrons. The number of nitrogens with one attached hydrogen (secondary N) is 1.